The fraction of sp³-hybridized carbons (Fsp3) is 0.857. The summed E-state index contributed by atoms with van der Waals surface area (Å²) in [5.41, 5.74) is 0. The molecule has 0 spiro atoms. The highest BCUT2D eigenvalue weighted by Crippen LogP contribution is 2.12. The molecular weight excluding hydrogens is 258 g/mol. The largest absolute Gasteiger partial charge is 0.378 e. The van der Waals surface area contributed by atoms with Gasteiger partial charge in [-0.1, -0.05) is 0 Å². The molecule has 0 bridgehead atoms. The van der Waals surface area contributed by atoms with Crippen LogP contribution in [0, 0.1) is 0 Å². The van der Waals surface area contributed by atoms with E-state index >= 15 is 0 Å². The first-order chi connectivity index (χ1) is 9.59. The minimum atomic E-state index is 0.0671. The number of hydrogen-bond acceptors (Lipinski definition) is 4. The van der Waals surface area contributed by atoms with Gasteiger partial charge in [0.25, 0.3) is 0 Å². The molecule has 20 heavy (non-hydrogen) atoms. The zero-order valence-corrected chi connectivity index (χ0v) is 12.4. The number of carbonyl (C=O) groups is 2. The van der Waals surface area contributed by atoms with Gasteiger partial charge in [-0.25, -0.2) is 0 Å². The van der Waals surface area contributed by atoms with Crippen molar-refractivity contribution in [2.24, 2.45) is 0 Å². The summed E-state index contributed by atoms with van der Waals surface area (Å²) in [6.45, 7) is 8.20. The normalized spacial score (nSPS) is 27.5. The second kappa shape index (κ2) is 7.04. The van der Waals surface area contributed by atoms with Gasteiger partial charge in [-0.15, -0.1) is 0 Å². The lowest BCUT2D eigenvalue weighted by molar-refractivity contribution is -0.141. The average molecular weight is 283 g/mol. The molecule has 2 aliphatic rings. The molecule has 2 unspecified atom stereocenters. The van der Waals surface area contributed by atoms with Gasteiger partial charge in [0.15, 0.2) is 0 Å². The summed E-state index contributed by atoms with van der Waals surface area (Å²) in [6, 6.07) is 0.498. The maximum Gasteiger partial charge on any atom is 0.223 e. The third-order valence-electron chi connectivity index (χ3n) is 4.27. The van der Waals surface area contributed by atoms with E-state index in [9.17, 15) is 9.59 Å². The fourth-order valence-electron chi connectivity index (χ4n) is 2.74. The smallest absolute Gasteiger partial charge is 0.223 e. The van der Waals surface area contributed by atoms with Crippen molar-refractivity contribution in [3.05, 3.63) is 0 Å². The molecule has 0 aromatic rings. The zero-order chi connectivity index (χ0) is 14.5. The molecule has 0 saturated carbocycles. The van der Waals surface area contributed by atoms with Gasteiger partial charge in [-0.2, -0.15) is 0 Å². The third kappa shape index (κ3) is 3.70. The van der Waals surface area contributed by atoms with Gasteiger partial charge >= 0.3 is 0 Å². The van der Waals surface area contributed by atoms with Gasteiger partial charge in [0.05, 0.1) is 13.2 Å². The number of nitrogens with zero attached hydrogens (tertiary/aromatic N) is 2. The average Bonchev–Trinajstić information content (AvgIpc) is 2.48. The van der Waals surface area contributed by atoms with Crippen LogP contribution in [-0.4, -0.2) is 73.1 Å². The molecule has 0 aliphatic carbocycles. The Morgan fingerprint density at radius 1 is 1.10 bits per heavy atom. The topological polar surface area (TPSA) is 61.9 Å². The van der Waals surface area contributed by atoms with Crippen LogP contribution in [-0.2, 0) is 14.3 Å². The van der Waals surface area contributed by atoms with Crippen LogP contribution in [0.2, 0.25) is 0 Å². The van der Waals surface area contributed by atoms with Gasteiger partial charge in [0.1, 0.15) is 0 Å². The van der Waals surface area contributed by atoms with E-state index in [1.165, 1.54) is 0 Å². The van der Waals surface area contributed by atoms with Gasteiger partial charge in [0.2, 0.25) is 11.8 Å². The first-order valence-electron chi connectivity index (χ1n) is 7.48. The van der Waals surface area contributed by atoms with Crippen molar-refractivity contribution in [2.75, 3.05) is 39.4 Å². The third-order valence-corrected chi connectivity index (χ3v) is 4.27. The Labute approximate surface area is 120 Å². The molecule has 0 aromatic carbocycles. The number of carbonyl (C=O) groups excluding carboxylic acids is 2. The van der Waals surface area contributed by atoms with E-state index in [1.54, 1.807) is 4.90 Å². The van der Waals surface area contributed by atoms with Crippen molar-refractivity contribution in [3.63, 3.8) is 0 Å². The molecule has 2 heterocycles. The number of rotatable bonds is 3. The molecule has 6 nitrogen and oxygen atoms in total. The summed E-state index contributed by atoms with van der Waals surface area (Å²) in [5.74, 6) is 0.157. The quantitative estimate of drug-likeness (QED) is 0.781. The highest BCUT2D eigenvalue weighted by molar-refractivity contribution is 5.84. The molecule has 2 rings (SSSR count). The lowest BCUT2D eigenvalue weighted by atomic mass is 10.1. The van der Waals surface area contributed by atoms with Crippen LogP contribution in [0.25, 0.3) is 0 Å². The van der Waals surface area contributed by atoms with E-state index in [1.807, 2.05) is 4.90 Å². The highest BCUT2D eigenvalue weighted by atomic mass is 16.5. The van der Waals surface area contributed by atoms with Crippen LogP contribution in [0.15, 0.2) is 0 Å². The molecule has 2 atom stereocenters. The predicted molar refractivity (Wildman–Crippen MR) is 75.3 cm³/mol. The number of piperazine rings is 1. The van der Waals surface area contributed by atoms with Crippen molar-refractivity contribution < 1.29 is 14.3 Å². The van der Waals surface area contributed by atoms with Crippen LogP contribution in [0.4, 0.5) is 0 Å². The zero-order valence-electron chi connectivity index (χ0n) is 12.4. The second-order valence-corrected chi connectivity index (χ2v) is 5.56. The minimum absolute atomic E-state index is 0.0671. The van der Waals surface area contributed by atoms with Crippen LogP contribution < -0.4 is 5.32 Å². The SMILES string of the molecule is CC1NCCN(C(=O)CCC(=O)N2CCOCC2)C1C. The van der Waals surface area contributed by atoms with Crippen LogP contribution in [0.5, 0.6) is 0 Å². The Morgan fingerprint density at radius 3 is 2.45 bits per heavy atom. The molecule has 2 amide bonds. The van der Waals surface area contributed by atoms with Crippen molar-refractivity contribution in [2.45, 2.75) is 38.8 Å². The van der Waals surface area contributed by atoms with Gasteiger partial charge in [0, 0.05) is 51.1 Å². The Balaban J connectivity index is 1.77. The summed E-state index contributed by atoms with van der Waals surface area (Å²) in [4.78, 5) is 28.0. The fourth-order valence-corrected chi connectivity index (χ4v) is 2.74. The van der Waals surface area contributed by atoms with Crippen molar-refractivity contribution in [3.8, 4) is 0 Å². The standard InChI is InChI=1S/C14H25N3O3/c1-11-12(2)17(6-5-15-11)14(19)4-3-13(18)16-7-9-20-10-8-16/h11-12,15H,3-10H2,1-2H3. The van der Waals surface area contributed by atoms with Crippen LogP contribution >= 0.6 is 0 Å². The lowest BCUT2D eigenvalue weighted by Crippen LogP contribution is -2.57. The lowest BCUT2D eigenvalue weighted by Gasteiger charge is -2.38. The molecule has 2 saturated heterocycles. The van der Waals surface area contributed by atoms with E-state index in [0.717, 1.165) is 13.1 Å². The molecule has 114 valence electrons. The number of amides is 2. The Hall–Kier alpha value is -1.14. The van der Waals surface area contributed by atoms with Crippen molar-refractivity contribution in [1.29, 1.82) is 0 Å². The summed E-state index contributed by atoms with van der Waals surface area (Å²) in [6.07, 6.45) is 0.622. The maximum atomic E-state index is 12.2. The summed E-state index contributed by atoms with van der Waals surface area (Å²) in [5, 5.41) is 3.35. The summed E-state index contributed by atoms with van der Waals surface area (Å²) >= 11 is 0. The maximum absolute atomic E-state index is 12.2. The van der Waals surface area contributed by atoms with Gasteiger partial charge in [-0.05, 0) is 13.8 Å². The van der Waals surface area contributed by atoms with Gasteiger partial charge in [-0.3, -0.25) is 9.59 Å². The number of hydrogen-bond donors (Lipinski definition) is 1. The molecule has 6 heteroatoms. The number of ether oxygens (including phenoxy) is 1. The van der Waals surface area contributed by atoms with E-state index in [0.29, 0.717) is 45.2 Å². The Bertz CT molecular complexity index is 356. The van der Waals surface area contributed by atoms with E-state index in [4.69, 9.17) is 4.74 Å². The monoisotopic (exact) mass is 283 g/mol. The first-order valence-corrected chi connectivity index (χ1v) is 7.48. The van der Waals surface area contributed by atoms with Gasteiger partial charge < -0.3 is 19.9 Å². The van der Waals surface area contributed by atoms with Crippen molar-refractivity contribution in [1.82, 2.24) is 15.1 Å². The second-order valence-electron chi connectivity index (χ2n) is 5.56. The minimum Gasteiger partial charge on any atom is -0.378 e. The first kappa shape index (κ1) is 15.3. The summed E-state index contributed by atoms with van der Waals surface area (Å²) in [7, 11) is 0. The number of nitrogens with one attached hydrogen (secondary N) is 1. The molecular formula is C14H25N3O3. The highest BCUT2D eigenvalue weighted by Gasteiger charge is 2.28. The van der Waals surface area contributed by atoms with Crippen LogP contribution in [0.1, 0.15) is 26.7 Å². The van der Waals surface area contributed by atoms with E-state index in [2.05, 4.69) is 19.2 Å². The molecule has 0 radical (unpaired) electrons. The van der Waals surface area contributed by atoms with E-state index in [-0.39, 0.29) is 17.9 Å². The van der Waals surface area contributed by atoms with E-state index < -0.39 is 0 Å². The predicted octanol–water partition coefficient (Wildman–Crippen LogP) is -0.166. The molecule has 2 fully saturated rings. The van der Waals surface area contributed by atoms with Crippen molar-refractivity contribution >= 4 is 11.8 Å². The molecule has 2 aliphatic heterocycles. The number of morpholine rings is 1. The Kier molecular flexibility index (Phi) is 5.37. The Morgan fingerprint density at radius 2 is 1.75 bits per heavy atom. The molecule has 0 aromatic heterocycles. The molecule has 1 N–H and O–H groups in total. The summed E-state index contributed by atoms with van der Waals surface area (Å²) < 4.78 is 5.22. The van der Waals surface area contributed by atoms with Crippen LogP contribution in [0.3, 0.4) is 0 Å².